The summed E-state index contributed by atoms with van der Waals surface area (Å²) in [6.45, 7) is 5.67. The van der Waals surface area contributed by atoms with Crippen molar-refractivity contribution in [2.45, 2.75) is 6.04 Å². The third kappa shape index (κ3) is 2.77. The molecule has 6 nitrogen and oxygen atoms in total. The molecule has 0 bridgehead atoms. The van der Waals surface area contributed by atoms with Crippen LogP contribution in [0.5, 0.6) is 0 Å². The van der Waals surface area contributed by atoms with Gasteiger partial charge < -0.3 is 15.5 Å². The summed E-state index contributed by atoms with van der Waals surface area (Å²) in [6, 6.07) is -1.12. The van der Waals surface area contributed by atoms with Crippen molar-refractivity contribution in [2.75, 3.05) is 26.2 Å². The SMILES string of the molecule is C=C(C(=O)O)C(C(=O)O)N1CCNCC1. The van der Waals surface area contributed by atoms with E-state index in [-0.39, 0.29) is 5.57 Å². The molecule has 3 N–H and O–H groups in total. The molecule has 0 aromatic carbocycles. The summed E-state index contributed by atoms with van der Waals surface area (Å²) in [7, 11) is 0. The number of hydrogen-bond acceptors (Lipinski definition) is 4. The molecule has 0 saturated carbocycles. The molecule has 0 radical (unpaired) electrons. The van der Waals surface area contributed by atoms with Gasteiger partial charge in [0.15, 0.2) is 0 Å². The molecule has 1 aliphatic heterocycles. The first-order valence-electron chi connectivity index (χ1n) is 4.63. The number of nitrogens with one attached hydrogen (secondary N) is 1. The van der Waals surface area contributed by atoms with E-state index in [9.17, 15) is 9.59 Å². The summed E-state index contributed by atoms with van der Waals surface area (Å²) < 4.78 is 0. The highest BCUT2D eigenvalue weighted by Crippen LogP contribution is 2.10. The van der Waals surface area contributed by atoms with Gasteiger partial charge in [-0.05, 0) is 0 Å². The van der Waals surface area contributed by atoms with Crippen molar-refractivity contribution in [2.24, 2.45) is 0 Å². The maximum Gasteiger partial charge on any atom is 0.333 e. The molecular weight excluding hydrogens is 200 g/mol. The largest absolute Gasteiger partial charge is 0.480 e. The average molecular weight is 214 g/mol. The van der Waals surface area contributed by atoms with E-state index >= 15 is 0 Å². The normalized spacial score (nSPS) is 19.5. The average Bonchev–Trinajstić information content (AvgIpc) is 2.18. The molecule has 15 heavy (non-hydrogen) atoms. The molecule has 6 heteroatoms. The minimum atomic E-state index is -1.26. The number of hydrogen-bond donors (Lipinski definition) is 3. The summed E-state index contributed by atoms with van der Waals surface area (Å²) in [5.41, 5.74) is -0.288. The van der Waals surface area contributed by atoms with Gasteiger partial charge in [0, 0.05) is 26.2 Å². The Kier molecular flexibility index (Phi) is 3.81. The van der Waals surface area contributed by atoms with E-state index in [2.05, 4.69) is 11.9 Å². The fourth-order valence-corrected chi connectivity index (χ4v) is 1.58. The highest BCUT2D eigenvalue weighted by atomic mass is 16.4. The van der Waals surface area contributed by atoms with E-state index in [1.54, 1.807) is 4.90 Å². The van der Waals surface area contributed by atoms with Gasteiger partial charge in [0.25, 0.3) is 0 Å². The quantitative estimate of drug-likeness (QED) is 0.519. The first-order chi connectivity index (χ1) is 7.04. The number of piperazine rings is 1. The lowest BCUT2D eigenvalue weighted by atomic mass is 10.1. The van der Waals surface area contributed by atoms with E-state index < -0.39 is 18.0 Å². The molecule has 1 aliphatic rings. The molecule has 1 atom stereocenters. The van der Waals surface area contributed by atoms with Crippen LogP contribution in [0.25, 0.3) is 0 Å². The summed E-state index contributed by atoms with van der Waals surface area (Å²) >= 11 is 0. The molecule has 0 aliphatic carbocycles. The Morgan fingerprint density at radius 2 is 1.80 bits per heavy atom. The number of carboxylic acids is 2. The lowest BCUT2D eigenvalue weighted by molar-refractivity contribution is -0.145. The van der Waals surface area contributed by atoms with Gasteiger partial charge in [-0.1, -0.05) is 6.58 Å². The van der Waals surface area contributed by atoms with Crippen LogP contribution in [0.3, 0.4) is 0 Å². The van der Waals surface area contributed by atoms with E-state index in [0.717, 1.165) is 0 Å². The molecule has 0 aromatic heterocycles. The van der Waals surface area contributed by atoms with Crippen molar-refractivity contribution < 1.29 is 19.8 Å². The van der Waals surface area contributed by atoms with Crippen LogP contribution in [0.1, 0.15) is 0 Å². The van der Waals surface area contributed by atoms with E-state index in [0.29, 0.717) is 26.2 Å². The fourth-order valence-electron chi connectivity index (χ4n) is 1.58. The molecule has 0 amide bonds. The van der Waals surface area contributed by atoms with Crippen molar-refractivity contribution in [1.82, 2.24) is 10.2 Å². The summed E-state index contributed by atoms with van der Waals surface area (Å²) in [4.78, 5) is 23.2. The van der Waals surface area contributed by atoms with Crippen molar-refractivity contribution >= 4 is 11.9 Å². The van der Waals surface area contributed by atoms with Crippen LogP contribution in [0.15, 0.2) is 12.2 Å². The Morgan fingerprint density at radius 1 is 1.27 bits per heavy atom. The third-order valence-corrected chi connectivity index (χ3v) is 2.36. The Balaban J connectivity index is 2.76. The van der Waals surface area contributed by atoms with Crippen LogP contribution in [0.4, 0.5) is 0 Å². The molecule has 1 rings (SSSR count). The molecule has 0 aromatic rings. The molecular formula is C9H14N2O4. The van der Waals surface area contributed by atoms with Crippen molar-refractivity contribution in [3.63, 3.8) is 0 Å². The van der Waals surface area contributed by atoms with Crippen LogP contribution in [-0.4, -0.2) is 59.3 Å². The maximum absolute atomic E-state index is 11.0. The molecule has 0 spiro atoms. The van der Waals surface area contributed by atoms with Gasteiger partial charge in [0.2, 0.25) is 0 Å². The summed E-state index contributed by atoms with van der Waals surface area (Å²) in [6.07, 6.45) is 0. The van der Waals surface area contributed by atoms with Crippen LogP contribution >= 0.6 is 0 Å². The summed E-state index contributed by atoms with van der Waals surface area (Å²) in [5.74, 6) is -2.43. The summed E-state index contributed by atoms with van der Waals surface area (Å²) in [5, 5.41) is 20.8. The van der Waals surface area contributed by atoms with Crippen molar-refractivity contribution in [1.29, 1.82) is 0 Å². The van der Waals surface area contributed by atoms with Gasteiger partial charge in [0.1, 0.15) is 6.04 Å². The van der Waals surface area contributed by atoms with E-state index in [1.165, 1.54) is 0 Å². The lowest BCUT2D eigenvalue weighted by Gasteiger charge is -2.32. The third-order valence-electron chi connectivity index (χ3n) is 2.36. The second-order valence-corrected chi connectivity index (χ2v) is 3.36. The van der Waals surface area contributed by atoms with Crippen LogP contribution in [0, 0.1) is 0 Å². The van der Waals surface area contributed by atoms with Gasteiger partial charge in [0.05, 0.1) is 5.57 Å². The second-order valence-electron chi connectivity index (χ2n) is 3.36. The van der Waals surface area contributed by atoms with Crippen LogP contribution < -0.4 is 5.32 Å². The van der Waals surface area contributed by atoms with Crippen LogP contribution in [0.2, 0.25) is 0 Å². The maximum atomic E-state index is 11.0. The molecule has 1 unspecified atom stereocenters. The van der Waals surface area contributed by atoms with Gasteiger partial charge in [-0.15, -0.1) is 0 Å². The molecule has 84 valence electrons. The minimum Gasteiger partial charge on any atom is -0.480 e. The van der Waals surface area contributed by atoms with Crippen molar-refractivity contribution in [3.8, 4) is 0 Å². The predicted molar refractivity (Wildman–Crippen MR) is 52.6 cm³/mol. The second kappa shape index (κ2) is 4.90. The predicted octanol–water partition coefficient (Wildman–Crippen LogP) is -1.01. The van der Waals surface area contributed by atoms with Gasteiger partial charge in [-0.2, -0.15) is 0 Å². The Morgan fingerprint density at radius 3 is 2.20 bits per heavy atom. The molecule has 1 saturated heterocycles. The Labute approximate surface area is 87.2 Å². The van der Waals surface area contributed by atoms with E-state index in [1.807, 2.05) is 0 Å². The number of carbonyl (C=O) groups is 2. The zero-order chi connectivity index (χ0) is 11.4. The highest BCUT2D eigenvalue weighted by Gasteiger charge is 2.32. The zero-order valence-electron chi connectivity index (χ0n) is 8.27. The Bertz CT molecular complexity index is 284. The standard InChI is InChI=1S/C9H14N2O4/c1-6(8(12)13)7(9(14)15)11-4-2-10-3-5-11/h7,10H,1-5H2,(H,12,13)(H,14,15). The molecule has 1 fully saturated rings. The van der Waals surface area contributed by atoms with Crippen LogP contribution in [-0.2, 0) is 9.59 Å². The molecule has 1 heterocycles. The topological polar surface area (TPSA) is 89.9 Å². The smallest absolute Gasteiger partial charge is 0.333 e. The first kappa shape index (κ1) is 11.7. The lowest BCUT2D eigenvalue weighted by Crippen LogP contribution is -2.52. The highest BCUT2D eigenvalue weighted by molar-refractivity contribution is 5.95. The minimum absolute atomic E-state index is 0.288. The number of aliphatic carboxylic acids is 2. The first-order valence-corrected chi connectivity index (χ1v) is 4.63. The fraction of sp³-hybridized carbons (Fsp3) is 0.556. The zero-order valence-corrected chi connectivity index (χ0v) is 8.27. The van der Waals surface area contributed by atoms with Gasteiger partial charge >= 0.3 is 11.9 Å². The number of carboxylic acid groups (broad SMARTS) is 2. The monoisotopic (exact) mass is 214 g/mol. The van der Waals surface area contributed by atoms with Gasteiger partial charge in [-0.3, -0.25) is 9.69 Å². The van der Waals surface area contributed by atoms with E-state index in [4.69, 9.17) is 10.2 Å². The Hall–Kier alpha value is -1.40. The van der Waals surface area contributed by atoms with Crippen molar-refractivity contribution in [3.05, 3.63) is 12.2 Å². The number of rotatable bonds is 4. The van der Waals surface area contributed by atoms with Gasteiger partial charge in [-0.25, -0.2) is 4.79 Å². The number of nitrogens with zero attached hydrogens (tertiary/aromatic N) is 1.